The SMILES string of the molecule is Cc1cccc(COc2cccc(C(=O)N3CCOC(C(N)=O)C3)c2)c1. The average molecular weight is 354 g/mol. The fourth-order valence-corrected chi connectivity index (χ4v) is 2.88. The first-order valence-corrected chi connectivity index (χ1v) is 8.51. The van der Waals surface area contributed by atoms with Crippen LogP contribution in [0.25, 0.3) is 0 Å². The molecule has 2 amide bonds. The highest BCUT2D eigenvalue weighted by atomic mass is 16.5. The Morgan fingerprint density at radius 2 is 2.04 bits per heavy atom. The van der Waals surface area contributed by atoms with Crippen LogP contribution in [0.1, 0.15) is 21.5 Å². The zero-order valence-corrected chi connectivity index (χ0v) is 14.7. The van der Waals surface area contributed by atoms with E-state index in [1.54, 1.807) is 23.1 Å². The van der Waals surface area contributed by atoms with E-state index in [9.17, 15) is 9.59 Å². The van der Waals surface area contributed by atoms with Crippen LogP contribution in [0.3, 0.4) is 0 Å². The smallest absolute Gasteiger partial charge is 0.254 e. The molecule has 0 radical (unpaired) electrons. The highest BCUT2D eigenvalue weighted by molar-refractivity contribution is 5.95. The second-order valence-electron chi connectivity index (χ2n) is 6.32. The molecule has 3 rings (SSSR count). The number of hydrogen-bond acceptors (Lipinski definition) is 4. The molecule has 2 N–H and O–H groups in total. The maximum atomic E-state index is 12.7. The predicted molar refractivity (Wildman–Crippen MR) is 96.8 cm³/mol. The van der Waals surface area contributed by atoms with Crippen molar-refractivity contribution in [1.82, 2.24) is 4.90 Å². The van der Waals surface area contributed by atoms with Gasteiger partial charge in [-0.3, -0.25) is 9.59 Å². The number of amides is 2. The summed E-state index contributed by atoms with van der Waals surface area (Å²) in [5.74, 6) is -0.102. The first-order chi connectivity index (χ1) is 12.5. The lowest BCUT2D eigenvalue weighted by molar-refractivity contribution is -0.133. The van der Waals surface area contributed by atoms with Gasteiger partial charge in [0.05, 0.1) is 13.2 Å². The number of nitrogens with zero attached hydrogens (tertiary/aromatic N) is 1. The van der Waals surface area contributed by atoms with Gasteiger partial charge < -0.3 is 20.1 Å². The number of hydrogen-bond donors (Lipinski definition) is 1. The van der Waals surface area contributed by atoms with Crippen molar-refractivity contribution in [2.75, 3.05) is 19.7 Å². The molecule has 6 nitrogen and oxygen atoms in total. The second kappa shape index (κ2) is 8.01. The molecular formula is C20H22N2O4. The minimum atomic E-state index is -0.756. The van der Waals surface area contributed by atoms with Crippen molar-refractivity contribution < 1.29 is 19.1 Å². The summed E-state index contributed by atoms with van der Waals surface area (Å²) >= 11 is 0. The second-order valence-corrected chi connectivity index (χ2v) is 6.32. The van der Waals surface area contributed by atoms with Gasteiger partial charge in [0.15, 0.2) is 6.10 Å². The zero-order chi connectivity index (χ0) is 18.5. The third-order valence-electron chi connectivity index (χ3n) is 4.24. The van der Waals surface area contributed by atoms with Gasteiger partial charge in [0.2, 0.25) is 5.91 Å². The quantitative estimate of drug-likeness (QED) is 0.889. The maximum absolute atomic E-state index is 12.7. The molecule has 1 unspecified atom stereocenters. The van der Waals surface area contributed by atoms with Crippen LogP contribution in [-0.2, 0) is 16.1 Å². The summed E-state index contributed by atoms with van der Waals surface area (Å²) in [5.41, 5.74) is 8.03. The third-order valence-corrected chi connectivity index (χ3v) is 4.24. The molecule has 0 spiro atoms. The molecule has 1 aliphatic rings. The molecule has 2 aromatic carbocycles. The fourth-order valence-electron chi connectivity index (χ4n) is 2.88. The number of carbonyl (C=O) groups is 2. The minimum absolute atomic E-state index is 0.166. The van der Waals surface area contributed by atoms with Crippen LogP contribution < -0.4 is 10.5 Å². The summed E-state index contributed by atoms with van der Waals surface area (Å²) in [6.07, 6.45) is -0.756. The zero-order valence-electron chi connectivity index (χ0n) is 14.7. The minimum Gasteiger partial charge on any atom is -0.489 e. The van der Waals surface area contributed by atoms with Gasteiger partial charge in [-0.15, -0.1) is 0 Å². The van der Waals surface area contributed by atoms with E-state index in [2.05, 4.69) is 6.07 Å². The average Bonchev–Trinajstić information content (AvgIpc) is 2.66. The summed E-state index contributed by atoms with van der Waals surface area (Å²) in [5, 5.41) is 0. The van der Waals surface area contributed by atoms with Gasteiger partial charge in [-0.25, -0.2) is 0 Å². The molecule has 1 fully saturated rings. The van der Waals surface area contributed by atoms with E-state index < -0.39 is 12.0 Å². The summed E-state index contributed by atoms with van der Waals surface area (Å²) in [7, 11) is 0. The molecule has 26 heavy (non-hydrogen) atoms. The molecule has 0 saturated carbocycles. The van der Waals surface area contributed by atoms with Crippen molar-refractivity contribution in [2.45, 2.75) is 19.6 Å². The number of rotatable bonds is 5. The van der Waals surface area contributed by atoms with Crippen molar-refractivity contribution >= 4 is 11.8 Å². The summed E-state index contributed by atoms with van der Waals surface area (Å²) in [4.78, 5) is 25.6. The molecular weight excluding hydrogens is 332 g/mol. The van der Waals surface area contributed by atoms with E-state index in [1.165, 1.54) is 5.56 Å². The molecule has 0 aliphatic carbocycles. The highest BCUT2D eigenvalue weighted by Crippen LogP contribution is 2.18. The number of nitrogens with two attached hydrogens (primary N) is 1. The Morgan fingerprint density at radius 1 is 1.23 bits per heavy atom. The van der Waals surface area contributed by atoms with Gasteiger partial charge in [0, 0.05) is 12.1 Å². The molecule has 136 valence electrons. The standard InChI is InChI=1S/C20H22N2O4/c1-14-4-2-5-15(10-14)13-26-17-7-3-6-16(11-17)20(24)22-8-9-25-18(12-22)19(21)23/h2-7,10-11,18H,8-9,12-13H2,1H3,(H2,21,23). The number of aryl methyl sites for hydroxylation is 1. The van der Waals surface area contributed by atoms with Gasteiger partial charge in [0.1, 0.15) is 12.4 Å². The molecule has 1 heterocycles. The summed E-state index contributed by atoms with van der Waals surface area (Å²) < 4.78 is 11.1. The van der Waals surface area contributed by atoms with Crippen LogP contribution in [0.4, 0.5) is 0 Å². The van der Waals surface area contributed by atoms with Gasteiger partial charge >= 0.3 is 0 Å². The monoisotopic (exact) mass is 354 g/mol. The van der Waals surface area contributed by atoms with Crippen LogP contribution in [0.5, 0.6) is 5.75 Å². The fraction of sp³-hybridized carbons (Fsp3) is 0.300. The Labute approximate surface area is 152 Å². The molecule has 1 saturated heterocycles. The van der Waals surface area contributed by atoms with Crippen molar-refractivity contribution in [2.24, 2.45) is 5.73 Å². The normalized spacial score (nSPS) is 17.0. The third kappa shape index (κ3) is 4.40. The van der Waals surface area contributed by atoms with Crippen molar-refractivity contribution in [1.29, 1.82) is 0 Å². The topological polar surface area (TPSA) is 81.9 Å². The van der Waals surface area contributed by atoms with Crippen molar-refractivity contribution in [3.8, 4) is 5.75 Å². The number of ether oxygens (including phenoxy) is 2. The number of benzene rings is 2. The molecule has 0 aromatic heterocycles. The maximum Gasteiger partial charge on any atom is 0.254 e. The van der Waals surface area contributed by atoms with E-state index in [4.69, 9.17) is 15.2 Å². The summed E-state index contributed by atoms with van der Waals surface area (Å²) in [6, 6.07) is 15.1. The van der Waals surface area contributed by atoms with Crippen LogP contribution >= 0.6 is 0 Å². The van der Waals surface area contributed by atoms with E-state index in [0.717, 1.165) is 5.56 Å². The molecule has 1 aliphatic heterocycles. The molecule has 1 atom stereocenters. The van der Waals surface area contributed by atoms with E-state index in [1.807, 2.05) is 31.2 Å². The van der Waals surface area contributed by atoms with E-state index in [-0.39, 0.29) is 12.5 Å². The van der Waals surface area contributed by atoms with Crippen LogP contribution in [0, 0.1) is 6.92 Å². The van der Waals surface area contributed by atoms with Gasteiger partial charge in [0.25, 0.3) is 5.91 Å². The number of carbonyl (C=O) groups excluding carboxylic acids is 2. The van der Waals surface area contributed by atoms with Gasteiger partial charge in [-0.1, -0.05) is 35.9 Å². The lowest BCUT2D eigenvalue weighted by Gasteiger charge is -2.31. The Bertz CT molecular complexity index is 806. The predicted octanol–water partition coefficient (Wildman–Crippen LogP) is 1.90. The first-order valence-electron chi connectivity index (χ1n) is 8.51. The largest absolute Gasteiger partial charge is 0.489 e. The van der Waals surface area contributed by atoms with Crippen LogP contribution in [0.15, 0.2) is 48.5 Å². The molecule has 0 bridgehead atoms. The Morgan fingerprint density at radius 3 is 2.81 bits per heavy atom. The first kappa shape index (κ1) is 17.9. The number of primary amides is 1. The van der Waals surface area contributed by atoms with Gasteiger partial charge in [-0.2, -0.15) is 0 Å². The molecule has 2 aromatic rings. The van der Waals surface area contributed by atoms with Gasteiger partial charge in [-0.05, 0) is 30.7 Å². The Hall–Kier alpha value is -2.86. The van der Waals surface area contributed by atoms with Crippen LogP contribution in [-0.4, -0.2) is 42.5 Å². The Balaban J connectivity index is 1.66. The van der Waals surface area contributed by atoms with E-state index in [0.29, 0.717) is 31.1 Å². The highest BCUT2D eigenvalue weighted by Gasteiger charge is 2.28. The Kier molecular flexibility index (Phi) is 5.53. The van der Waals surface area contributed by atoms with Crippen LogP contribution in [0.2, 0.25) is 0 Å². The van der Waals surface area contributed by atoms with Crippen molar-refractivity contribution in [3.05, 3.63) is 65.2 Å². The lowest BCUT2D eigenvalue weighted by atomic mass is 10.1. The van der Waals surface area contributed by atoms with E-state index >= 15 is 0 Å². The number of morpholine rings is 1. The summed E-state index contributed by atoms with van der Waals surface area (Å²) in [6.45, 7) is 3.35. The molecule has 6 heteroatoms. The lowest BCUT2D eigenvalue weighted by Crippen LogP contribution is -2.50. The van der Waals surface area contributed by atoms with Crippen molar-refractivity contribution in [3.63, 3.8) is 0 Å².